The molecule has 1 saturated heterocycles. The van der Waals surface area contributed by atoms with Gasteiger partial charge in [-0.2, -0.15) is 0 Å². The summed E-state index contributed by atoms with van der Waals surface area (Å²) in [5, 5.41) is 19.6. The van der Waals surface area contributed by atoms with Gasteiger partial charge in [-0.15, -0.1) is 0 Å². The summed E-state index contributed by atoms with van der Waals surface area (Å²) in [7, 11) is 0. The third kappa shape index (κ3) is 3.07. The van der Waals surface area contributed by atoms with Crippen molar-refractivity contribution in [3.63, 3.8) is 0 Å². The van der Waals surface area contributed by atoms with E-state index in [2.05, 4.69) is 15.9 Å². The molecule has 20 heavy (non-hydrogen) atoms. The first-order valence-corrected chi connectivity index (χ1v) is 6.65. The number of aliphatic carboxylic acids is 1. The highest BCUT2D eigenvalue weighted by molar-refractivity contribution is 9.10. The van der Waals surface area contributed by atoms with E-state index in [1.807, 2.05) is 0 Å². The van der Waals surface area contributed by atoms with Gasteiger partial charge >= 0.3 is 5.97 Å². The number of hydrogen-bond donors (Lipinski definition) is 1. The van der Waals surface area contributed by atoms with Crippen LogP contribution in [0.1, 0.15) is 6.92 Å². The highest BCUT2D eigenvalue weighted by Gasteiger charge is 2.42. The van der Waals surface area contributed by atoms with Crippen LogP contribution in [0.15, 0.2) is 22.7 Å². The molecule has 0 spiro atoms. The minimum absolute atomic E-state index is 0.0136. The van der Waals surface area contributed by atoms with Crippen LogP contribution in [-0.2, 0) is 9.53 Å². The molecular formula is C12H13BrN2O5. The van der Waals surface area contributed by atoms with Gasteiger partial charge in [-0.3, -0.25) is 10.1 Å². The van der Waals surface area contributed by atoms with Crippen molar-refractivity contribution < 1.29 is 19.6 Å². The number of halogens is 1. The lowest BCUT2D eigenvalue weighted by atomic mass is 9.95. The molecule has 0 unspecified atom stereocenters. The number of rotatable bonds is 5. The van der Waals surface area contributed by atoms with Gasteiger partial charge in [-0.25, -0.2) is 4.79 Å². The van der Waals surface area contributed by atoms with E-state index in [1.54, 1.807) is 24.0 Å². The summed E-state index contributed by atoms with van der Waals surface area (Å²) < 4.78 is 5.92. The number of carboxylic acid groups (broad SMARTS) is 1. The van der Waals surface area contributed by atoms with Crippen molar-refractivity contribution in [1.82, 2.24) is 0 Å². The van der Waals surface area contributed by atoms with Gasteiger partial charge in [-0.05, 0) is 19.1 Å². The minimum Gasteiger partial charge on any atom is -0.480 e. The van der Waals surface area contributed by atoms with E-state index in [-0.39, 0.29) is 12.3 Å². The molecule has 1 aromatic carbocycles. The largest absolute Gasteiger partial charge is 0.480 e. The summed E-state index contributed by atoms with van der Waals surface area (Å²) in [6, 6.07) is 4.85. The van der Waals surface area contributed by atoms with Crippen molar-refractivity contribution in [2.45, 2.75) is 12.5 Å². The van der Waals surface area contributed by atoms with Crippen LogP contribution in [-0.4, -0.2) is 41.3 Å². The second-order valence-corrected chi connectivity index (χ2v) is 5.79. The van der Waals surface area contributed by atoms with Gasteiger partial charge in [0.1, 0.15) is 17.9 Å². The fourth-order valence-corrected chi connectivity index (χ4v) is 2.52. The Labute approximate surface area is 123 Å². The Balaban J connectivity index is 2.09. The topological polar surface area (TPSA) is 92.9 Å². The van der Waals surface area contributed by atoms with E-state index in [0.29, 0.717) is 23.2 Å². The molecule has 0 amide bonds. The lowest BCUT2D eigenvalue weighted by Crippen LogP contribution is -2.62. The fourth-order valence-electron chi connectivity index (χ4n) is 2.17. The molecule has 108 valence electrons. The maximum Gasteiger partial charge on any atom is 0.329 e. The number of nitrogens with zero attached hydrogens (tertiary/aromatic N) is 2. The van der Waals surface area contributed by atoms with Gasteiger partial charge in [0.25, 0.3) is 5.69 Å². The molecule has 1 aliphatic rings. The van der Waals surface area contributed by atoms with Gasteiger partial charge in [0, 0.05) is 23.6 Å². The van der Waals surface area contributed by atoms with Gasteiger partial charge in [0.15, 0.2) is 0 Å². The maximum atomic E-state index is 11.0. The van der Waals surface area contributed by atoms with Crippen LogP contribution in [0, 0.1) is 10.1 Å². The van der Waals surface area contributed by atoms with Gasteiger partial charge in [-0.1, -0.05) is 15.9 Å². The molecule has 8 heteroatoms. The van der Waals surface area contributed by atoms with Crippen LogP contribution in [0.25, 0.3) is 0 Å². The Morgan fingerprint density at radius 3 is 2.80 bits per heavy atom. The SMILES string of the molecule is CC1(OCC(=O)O)CN(c2ccc(Br)cc2[N+](=O)[O-])C1. The molecule has 1 fully saturated rings. The number of nitro groups is 1. The van der Waals surface area contributed by atoms with Crippen molar-refractivity contribution in [2.75, 3.05) is 24.6 Å². The number of ether oxygens (including phenoxy) is 1. The Morgan fingerprint density at radius 2 is 2.25 bits per heavy atom. The van der Waals surface area contributed by atoms with Gasteiger partial charge in [0.2, 0.25) is 0 Å². The molecule has 1 aliphatic heterocycles. The summed E-state index contributed by atoms with van der Waals surface area (Å²) in [5.41, 5.74) is -0.0615. The second kappa shape index (κ2) is 5.37. The molecule has 0 aliphatic carbocycles. The van der Waals surface area contributed by atoms with E-state index in [0.717, 1.165) is 0 Å². The predicted octanol–water partition coefficient (Wildman–Crippen LogP) is 2.04. The van der Waals surface area contributed by atoms with Crippen LogP contribution in [0.4, 0.5) is 11.4 Å². The first kappa shape index (κ1) is 14.7. The van der Waals surface area contributed by atoms with Crippen LogP contribution in [0.3, 0.4) is 0 Å². The Kier molecular flexibility index (Phi) is 3.96. The molecule has 0 bridgehead atoms. The Bertz CT molecular complexity index is 557. The fraction of sp³-hybridized carbons (Fsp3) is 0.417. The summed E-state index contributed by atoms with van der Waals surface area (Å²) >= 11 is 3.20. The van der Waals surface area contributed by atoms with E-state index < -0.39 is 16.5 Å². The average Bonchev–Trinajstić information content (AvgIpc) is 2.33. The maximum absolute atomic E-state index is 11.0. The second-order valence-electron chi connectivity index (χ2n) is 4.88. The zero-order valence-corrected chi connectivity index (χ0v) is 12.3. The molecule has 1 heterocycles. The first-order chi connectivity index (χ1) is 9.31. The summed E-state index contributed by atoms with van der Waals surface area (Å²) in [6.45, 7) is 2.26. The highest BCUT2D eigenvalue weighted by Crippen LogP contribution is 2.37. The number of carbonyl (C=O) groups is 1. The molecular weight excluding hydrogens is 332 g/mol. The molecule has 2 rings (SSSR count). The van der Waals surface area contributed by atoms with Crippen LogP contribution < -0.4 is 4.90 Å². The Hall–Kier alpha value is -1.67. The minimum atomic E-state index is -1.03. The monoisotopic (exact) mass is 344 g/mol. The van der Waals surface area contributed by atoms with Crippen LogP contribution in [0.2, 0.25) is 0 Å². The number of anilines is 1. The lowest BCUT2D eigenvalue weighted by Gasteiger charge is -2.48. The molecule has 0 aromatic heterocycles. The van der Waals surface area contributed by atoms with Crippen LogP contribution in [0.5, 0.6) is 0 Å². The summed E-state index contributed by atoms with van der Waals surface area (Å²) in [4.78, 5) is 22.9. The standard InChI is InChI=1S/C12H13BrN2O5/c1-12(20-5-11(16)17)6-14(7-12)9-3-2-8(13)4-10(9)15(18)19/h2-4H,5-7H2,1H3,(H,16,17). The number of hydrogen-bond acceptors (Lipinski definition) is 5. The van der Waals surface area contributed by atoms with Crippen molar-refractivity contribution in [2.24, 2.45) is 0 Å². The van der Waals surface area contributed by atoms with E-state index >= 15 is 0 Å². The number of carboxylic acids is 1. The summed E-state index contributed by atoms with van der Waals surface area (Å²) in [5.74, 6) is -1.03. The third-order valence-electron chi connectivity index (χ3n) is 3.07. The lowest BCUT2D eigenvalue weighted by molar-refractivity contribution is -0.384. The Morgan fingerprint density at radius 1 is 1.60 bits per heavy atom. The molecule has 1 N–H and O–H groups in total. The quantitative estimate of drug-likeness (QED) is 0.648. The van der Waals surface area contributed by atoms with Crippen molar-refractivity contribution in [1.29, 1.82) is 0 Å². The highest BCUT2D eigenvalue weighted by atomic mass is 79.9. The average molecular weight is 345 g/mol. The first-order valence-electron chi connectivity index (χ1n) is 5.85. The zero-order valence-electron chi connectivity index (χ0n) is 10.7. The van der Waals surface area contributed by atoms with E-state index in [1.165, 1.54) is 6.07 Å². The number of nitro benzene ring substituents is 1. The normalized spacial score (nSPS) is 16.6. The smallest absolute Gasteiger partial charge is 0.329 e. The van der Waals surface area contributed by atoms with Gasteiger partial charge in [0.05, 0.1) is 4.92 Å². The third-order valence-corrected chi connectivity index (χ3v) is 3.56. The van der Waals surface area contributed by atoms with Crippen molar-refractivity contribution in [3.8, 4) is 0 Å². The number of benzene rings is 1. The van der Waals surface area contributed by atoms with Gasteiger partial charge < -0.3 is 14.7 Å². The molecule has 1 aromatic rings. The zero-order chi connectivity index (χ0) is 14.9. The van der Waals surface area contributed by atoms with Crippen molar-refractivity contribution >= 4 is 33.3 Å². The van der Waals surface area contributed by atoms with E-state index in [4.69, 9.17) is 9.84 Å². The van der Waals surface area contributed by atoms with Crippen molar-refractivity contribution in [3.05, 3.63) is 32.8 Å². The van der Waals surface area contributed by atoms with Crippen LogP contribution >= 0.6 is 15.9 Å². The molecule has 7 nitrogen and oxygen atoms in total. The molecule has 0 saturated carbocycles. The molecule has 0 radical (unpaired) electrons. The van der Waals surface area contributed by atoms with E-state index in [9.17, 15) is 14.9 Å². The predicted molar refractivity (Wildman–Crippen MR) is 75.0 cm³/mol. The molecule has 0 atom stereocenters. The summed E-state index contributed by atoms with van der Waals surface area (Å²) in [6.07, 6.45) is 0.